The number of rotatable bonds is 8. The zero-order valence-corrected chi connectivity index (χ0v) is 19.9. The Labute approximate surface area is 183 Å². The number of benzene rings is 2. The van der Waals surface area contributed by atoms with Gasteiger partial charge in [-0.1, -0.05) is 55.1 Å². The Morgan fingerprint density at radius 3 is 2.48 bits per heavy atom. The molecule has 0 fully saturated rings. The molecule has 29 heavy (non-hydrogen) atoms. The van der Waals surface area contributed by atoms with Crippen molar-refractivity contribution in [3.63, 3.8) is 0 Å². The molecule has 0 aromatic heterocycles. The van der Waals surface area contributed by atoms with E-state index in [4.69, 9.17) is 9.47 Å². The summed E-state index contributed by atoms with van der Waals surface area (Å²) in [5, 5.41) is 12.1. The van der Waals surface area contributed by atoms with Gasteiger partial charge >= 0.3 is 0 Å². The quantitative estimate of drug-likeness (QED) is 0.331. The highest BCUT2D eigenvalue weighted by atomic mass is 79.9. The molecule has 1 heterocycles. The minimum Gasteiger partial charge on any atom is -0.507 e. The first-order chi connectivity index (χ1) is 13.7. The van der Waals surface area contributed by atoms with E-state index in [-0.39, 0.29) is 11.2 Å². The van der Waals surface area contributed by atoms with Gasteiger partial charge in [0.15, 0.2) is 0 Å². The predicted molar refractivity (Wildman–Crippen MR) is 124 cm³/mol. The third kappa shape index (κ3) is 4.58. The van der Waals surface area contributed by atoms with Gasteiger partial charge in [0.2, 0.25) is 0 Å². The predicted octanol–water partition coefficient (Wildman–Crippen LogP) is 7.32. The van der Waals surface area contributed by atoms with Crippen LogP contribution in [0, 0.1) is 0 Å². The molecule has 158 valence electrons. The summed E-state index contributed by atoms with van der Waals surface area (Å²) in [5.74, 6) is 1.80. The molecule has 0 amide bonds. The molecular weight excluding hydrogens is 428 g/mol. The van der Waals surface area contributed by atoms with Gasteiger partial charge in [0.25, 0.3) is 0 Å². The molecule has 1 aliphatic heterocycles. The van der Waals surface area contributed by atoms with Gasteiger partial charge in [-0.2, -0.15) is 0 Å². The fourth-order valence-electron chi connectivity index (χ4n) is 4.21. The first-order valence-electron chi connectivity index (χ1n) is 10.5. The summed E-state index contributed by atoms with van der Waals surface area (Å²) in [6.45, 7) is 8.65. The number of alkyl halides is 1. The molecule has 4 heteroatoms. The van der Waals surface area contributed by atoms with Crippen LogP contribution in [0.4, 0.5) is 0 Å². The van der Waals surface area contributed by atoms with Crippen LogP contribution in [0.2, 0.25) is 0 Å². The standard InChI is InChI=1S/C25H33BrO3/c1-24(2,12-8-6-7-9-13-26)17-14-21(27)23-19-16-18(28-5)10-11-20(19)25(3,4)29-22(23)15-17/h10-11,14-16,27H,6-9,12-13H2,1-5H3. The number of halogens is 1. The zero-order chi connectivity index (χ0) is 21.2. The zero-order valence-electron chi connectivity index (χ0n) is 18.3. The topological polar surface area (TPSA) is 38.7 Å². The number of hydrogen-bond acceptors (Lipinski definition) is 3. The number of hydrogen-bond donors (Lipinski definition) is 1. The summed E-state index contributed by atoms with van der Waals surface area (Å²) in [6.07, 6.45) is 5.99. The molecule has 0 radical (unpaired) electrons. The van der Waals surface area contributed by atoms with E-state index in [1.165, 1.54) is 25.7 Å². The smallest absolute Gasteiger partial charge is 0.132 e. The van der Waals surface area contributed by atoms with Gasteiger partial charge in [-0.25, -0.2) is 0 Å². The molecule has 0 atom stereocenters. The minimum atomic E-state index is -0.473. The highest BCUT2D eigenvalue weighted by Gasteiger charge is 2.35. The average Bonchev–Trinajstić information content (AvgIpc) is 2.66. The number of fused-ring (bicyclic) bond motifs is 3. The van der Waals surface area contributed by atoms with Crippen molar-refractivity contribution in [1.29, 1.82) is 0 Å². The first-order valence-corrected chi connectivity index (χ1v) is 11.6. The lowest BCUT2D eigenvalue weighted by molar-refractivity contribution is 0.105. The summed E-state index contributed by atoms with van der Waals surface area (Å²) in [4.78, 5) is 0. The van der Waals surface area contributed by atoms with E-state index in [1.54, 1.807) is 7.11 Å². The number of phenolic OH excluding ortho intramolecular Hbond substituents is 1. The Morgan fingerprint density at radius 2 is 1.79 bits per heavy atom. The van der Waals surface area contributed by atoms with Gasteiger partial charge in [-0.3, -0.25) is 0 Å². The molecule has 3 nitrogen and oxygen atoms in total. The van der Waals surface area contributed by atoms with E-state index in [2.05, 4.69) is 49.7 Å². The second-order valence-electron chi connectivity index (χ2n) is 9.13. The van der Waals surface area contributed by atoms with Gasteiger partial charge in [-0.05, 0) is 67.5 Å². The monoisotopic (exact) mass is 460 g/mol. The summed E-state index contributed by atoms with van der Waals surface area (Å²) < 4.78 is 11.8. The van der Waals surface area contributed by atoms with E-state index < -0.39 is 5.60 Å². The van der Waals surface area contributed by atoms with Crippen LogP contribution >= 0.6 is 15.9 Å². The van der Waals surface area contributed by atoms with E-state index in [0.717, 1.165) is 45.5 Å². The third-order valence-corrected chi connectivity index (χ3v) is 6.62. The maximum Gasteiger partial charge on any atom is 0.132 e. The maximum atomic E-state index is 11.0. The van der Waals surface area contributed by atoms with Crippen molar-refractivity contribution in [1.82, 2.24) is 0 Å². The van der Waals surface area contributed by atoms with Crippen molar-refractivity contribution < 1.29 is 14.6 Å². The van der Waals surface area contributed by atoms with Gasteiger partial charge < -0.3 is 14.6 Å². The lowest BCUT2D eigenvalue weighted by atomic mass is 9.78. The fraction of sp³-hybridized carbons (Fsp3) is 0.520. The van der Waals surface area contributed by atoms with E-state index >= 15 is 0 Å². The molecular formula is C25H33BrO3. The molecule has 0 saturated carbocycles. The molecule has 3 rings (SSSR count). The van der Waals surface area contributed by atoms with Crippen LogP contribution in [-0.4, -0.2) is 17.5 Å². The first kappa shape index (κ1) is 22.0. The molecule has 0 spiro atoms. The van der Waals surface area contributed by atoms with Crippen LogP contribution in [0.5, 0.6) is 17.2 Å². The third-order valence-electron chi connectivity index (χ3n) is 6.06. The minimum absolute atomic E-state index is 0.0247. The van der Waals surface area contributed by atoms with Crippen molar-refractivity contribution >= 4 is 15.9 Å². The number of phenols is 1. The second-order valence-corrected chi connectivity index (χ2v) is 9.92. The van der Waals surface area contributed by atoms with Crippen molar-refractivity contribution in [3.05, 3.63) is 41.5 Å². The van der Waals surface area contributed by atoms with Crippen molar-refractivity contribution in [2.45, 2.75) is 70.8 Å². The van der Waals surface area contributed by atoms with Gasteiger partial charge in [-0.15, -0.1) is 0 Å². The van der Waals surface area contributed by atoms with Crippen LogP contribution in [0.15, 0.2) is 30.3 Å². The number of ether oxygens (including phenoxy) is 2. The van der Waals surface area contributed by atoms with Crippen LogP contribution in [0.25, 0.3) is 11.1 Å². The van der Waals surface area contributed by atoms with Crippen molar-refractivity contribution in [2.24, 2.45) is 0 Å². The molecule has 0 bridgehead atoms. The van der Waals surface area contributed by atoms with Crippen LogP contribution in [-0.2, 0) is 11.0 Å². The summed E-state index contributed by atoms with van der Waals surface area (Å²) >= 11 is 3.50. The average molecular weight is 461 g/mol. The lowest BCUT2D eigenvalue weighted by Gasteiger charge is -2.36. The maximum absolute atomic E-state index is 11.0. The number of aromatic hydroxyl groups is 1. The fourth-order valence-corrected chi connectivity index (χ4v) is 4.61. The van der Waals surface area contributed by atoms with Gasteiger partial charge in [0.1, 0.15) is 22.8 Å². The lowest BCUT2D eigenvalue weighted by Crippen LogP contribution is -2.29. The summed E-state index contributed by atoms with van der Waals surface area (Å²) in [7, 11) is 1.66. The Hall–Kier alpha value is -1.68. The molecule has 2 aromatic rings. The molecule has 2 aromatic carbocycles. The van der Waals surface area contributed by atoms with E-state index in [0.29, 0.717) is 0 Å². The molecule has 0 saturated heterocycles. The molecule has 1 aliphatic rings. The highest BCUT2D eigenvalue weighted by molar-refractivity contribution is 9.09. The van der Waals surface area contributed by atoms with Crippen molar-refractivity contribution in [2.75, 3.05) is 12.4 Å². The highest BCUT2D eigenvalue weighted by Crippen LogP contribution is 2.51. The molecule has 1 N–H and O–H groups in total. The molecule has 0 unspecified atom stereocenters. The molecule has 0 aliphatic carbocycles. The van der Waals surface area contributed by atoms with E-state index in [1.807, 2.05) is 24.3 Å². The van der Waals surface area contributed by atoms with E-state index in [9.17, 15) is 5.11 Å². The SMILES string of the molecule is COc1ccc2c(c1)-c1c(O)cc(C(C)(C)CCCCCCBr)cc1OC2(C)C. The second kappa shape index (κ2) is 8.59. The summed E-state index contributed by atoms with van der Waals surface area (Å²) in [6, 6.07) is 10.0. The Balaban J connectivity index is 1.96. The van der Waals surface area contributed by atoms with Crippen LogP contribution in [0.1, 0.15) is 70.9 Å². The van der Waals surface area contributed by atoms with Gasteiger partial charge in [0, 0.05) is 10.9 Å². The largest absolute Gasteiger partial charge is 0.507 e. The number of unbranched alkanes of at least 4 members (excludes halogenated alkanes) is 3. The Bertz CT molecular complexity index is 871. The number of methoxy groups -OCH3 is 1. The Kier molecular flexibility index (Phi) is 6.52. The van der Waals surface area contributed by atoms with Gasteiger partial charge in [0.05, 0.1) is 12.7 Å². The van der Waals surface area contributed by atoms with Crippen LogP contribution in [0.3, 0.4) is 0 Å². The van der Waals surface area contributed by atoms with Crippen LogP contribution < -0.4 is 9.47 Å². The Morgan fingerprint density at radius 1 is 1.07 bits per heavy atom. The summed E-state index contributed by atoms with van der Waals surface area (Å²) in [5.41, 5.74) is 3.42. The normalized spacial score (nSPS) is 14.7. The van der Waals surface area contributed by atoms with Crippen molar-refractivity contribution in [3.8, 4) is 28.4 Å².